The SMILES string of the molecule is O=[N+]([O-])c1ccc(-c2nc3ccccc3[nH]2)s1. The third-order valence-corrected chi connectivity index (χ3v) is 3.44. The summed E-state index contributed by atoms with van der Waals surface area (Å²) >= 11 is 1.12. The Kier molecular flexibility index (Phi) is 2.15. The van der Waals surface area contributed by atoms with E-state index in [9.17, 15) is 10.1 Å². The fraction of sp³-hybridized carbons (Fsp3) is 0. The lowest BCUT2D eigenvalue weighted by atomic mass is 10.3. The lowest BCUT2D eigenvalue weighted by Crippen LogP contribution is -1.80. The molecule has 0 unspecified atom stereocenters. The highest BCUT2D eigenvalue weighted by atomic mass is 32.1. The Morgan fingerprint density at radius 2 is 2.06 bits per heavy atom. The number of hydrogen-bond donors (Lipinski definition) is 1. The summed E-state index contributed by atoms with van der Waals surface area (Å²) in [6.07, 6.45) is 0. The van der Waals surface area contributed by atoms with Crippen LogP contribution < -0.4 is 0 Å². The van der Waals surface area contributed by atoms with E-state index in [1.165, 1.54) is 6.07 Å². The molecule has 0 bridgehead atoms. The van der Waals surface area contributed by atoms with E-state index in [-0.39, 0.29) is 5.00 Å². The largest absolute Gasteiger partial charge is 0.337 e. The third-order valence-electron chi connectivity index (χ3n) is 2.39. The summed E-state index contributed by atoms with van der Waals surface area (Å²) in [6.45, 7) is 0. The zero-order valence-electron chi connectivity index (χ0n) is 8.58. The number of aromatic amines is 1. The predicted octanol–water partition coefficient (Wildman–Crippen LogP) is 3.20. The maximum absolute atomic E-state index is 10.6. The van der Waals surface area contributed by atoms with Crippen molar-refractivity contribution in [3.8, 4) is 10.7 Å². The molecule has 0 aliphatic carbocycles. The Balaban J connectivity index is 2.10. The number of benzene rings is 1. The van der Waals surface area contributed by atoms with Gasteiger partial charge in [-0.2, -0.15) is 0 Å². The highest BCUT2D eigenvalue weighted by molar-refractivity contribution is 7.18. The fourth-order valence-electron chi connectivity index (χ4n) is 1.62. The van der Waals surface area contributed by atoms with Crippen LogP contribution in [0.4, 0.5) is 5.00 Å². The van der Waals surface area contributed by atoms with Gasteiger partial charge in [0.15, 0.2) is 0 Å². The molecule has 0 aliphatic rings. The standard InChI is InChI=1S/C11H7N3O2S/c15-14(16)10-6-5-9(17-10)11-12-7-3-1-2-4-8(7)13-11/h1-6H,(H,12,13). The number of para-hydroxylation sites is 2. The van der Waals surface area contributed by atoms with E-state index in [4.69, 9.17) is 0 Å². The number of aromatic nitrogens is 2. The van der Waals surface area contributed by atoms with Crippen molar-refractivity contribution in [2.75, 3.05) is 0 Å². The van der Waals surface area contributed by atoms with Crippen LogP contribution in [0.5, 0.6) is 0 Å². The van der Waals surface area contributed by atoms with Gasteiger partial charge in [-0.3, -0.25) is 10.1 Å². The van der Waals surface area contributed by atoms with Crippen LogP contribution in [0.3, 0.4) is 0 Å². The zero-order valence-corrected chi connectivity index (χ0v) is 9.40. The van der Waals surface area contributed by atoms with Crippen molar-refractivity contribution in [1.29, 1.82) is 0 Å². The second-order valence-corrected chi connectivity index (χ2v) is 4.56. The minimum absolute atomic E-state index is 0.125. The zero-order chi connectivity index (χ0) is 11.8. The van der Waals surface area contributed by atoms with Crippen molar-refractivity contribution in [3.05, 3.63) is 46.5 Å². The Labute approximate surface area is 99.9 Å². The molecule has 0 saturated carbocycles. The molecule has 17 heavy (non-hydrogen) atoms. The number of nitrogens with zero attached hydrogens (tertiary/aromatic N) is 2. The van der Waals surface area contributed by atoms with E-state index in [1.54, 1.807) is 6.07 Å². The molecule has 1 aromatic carbocycles. The van der Waals surface area contributed by atoms with Gasteiger partial charge < -0.3 is 4.98 Å². The molecular weight excluding hydrogens is 238 g/mol. The molecule has 6 heteroatoms. The minimum Gasteiger partial charge on any atom is -0.337 e. The molecule has 0 atom stereocenters. The van der Waals surface area contributed by atoms with Crippen LogP contribution in [0.2, 0.25) is 0 Å². The summed E-state index contributed by atoms with van der Waals surface area (Å²) in [5, 5.41) is 10.7. The number of nitrogens with one attached hydrogen (secondary N) is 1. The van der Waals surface area contributed by atoms with Crippen LogP contribution in [0.1, 0.15) is 0 Å². The molecule has 0 amide bonds. The summed E-state index contributed by atoms with van der Waals surface area (Å²) < 4.78 is 0. The molecule has 5 nitrogen and oxygen atoms in total. The van der Waals surface area contributed by atoms with Crippen LogP contribution in [0.15, 0.2) is 36.4 Å². The summed E-state index contributed by atoms with van der Waals surface area (Å²) in [4.78, 5) is 18.5. The molecule has 1 N–H and O–H groups in total. The Morgan fingerprint density at radius 1 is 1.24 bits per heavy atom. The molecule has 0 saturated heterocycles. The first-order chi connectivity index (χ1) is 8.24. The average molecular weight is 245 g/mol. The number of rotatable bonds is 2. The second kappa shape index (κ2) is 3.67. The van der Waals surface area contributed by atoms with E-state index in [0.29, 0.717) is 5.82 Å². The monoisotopic (exact) mass is 245 g/mol. The lowest BCUT2D eigenvalue weighted by molar-refractivity contribution is -0.380. The van der Waals surface area contributed by atoms with Crippen molar-refractivity contribution in [3.63, 3.8) is 0 Å². The molecule has 84 valence electrons. The first-order valence-electron chi connectivity index (χ1n) is 4.93. The Hall–Kier alpha value is -2.21. The summed E-state index contributed by atoms with van der Waals surface area (Å²) in [5.74, 6) is 0.671. The maximum atomic E-state index is 10.6. The van der Waals surface area contributed by atoms with E-state index in [0.717, 1.165) is 27.2 Å². The maximum Gasteiger partial charge on any atom is 0.324 e. The molecule has 3 aromatic rings. The molecule has 0 fully saturated rings. The highest BCUT2D eigenvalue weighted by Crippen LogP contribution is 2.31. The smallest absolute Gasteiger partial charge is 0.324 e. The molecule has 3 rings (SSSR count). The summed E-state index contributed by atoms with van der Waals surface area (Å²) in [7, 11) is 0. The van der Waals surface area contributed by atoms with Crippen LogP contribution in [0.25, 0.3) is 21.7 Å². The van der Waals surface area contributed by atoms with E-state index < -0.39 is 4.92 Å². The van der Waals surface area contributed by atoms with Gasteiger partial charge in [0.25, 0.3) is 0 Å². The Bertz CT molecular complexity index is 668. The van der Waals surface area contributed by atoms with Gasteiger partial charge in [-0.05, 0) is 18.2 Å². The summed E-state index contributed by atoms with van der Waals surface area (Å²) in [6, 6.07) is 10.9. The van der Waals surface area contributed by atoms with Gasteiger partial charge in [-0.25, -0.2) is 4.98 Å². The van der Waals surface area contributed by atoms with Gasteiger partial charge in [0, 0.05) is 6.07 Å². The van der Waals surface area contributed by atoms with Crippen molar-refractivity contribution in [1.82, 2.24) is 9.97 Å². The predicted molar refractivity (Wildman–Crippen MR) is 66.1 cm³/mol. The topological polar surface area (TPSA) is 71.8 Å². The molecular formula is C11H7N3O2S. The number of imidazole rings is 1. The van der Waals surface area contributed by atoms with Gasteiger partial charge >= 0.3 is 5.00 Å². The van der Waals surface area contributed by atoms with Crippen LogP contribution in [0, 0.1) is 10.1 Å². The molecule has 2 heterocycles. The minimum atomic E-state index is -0.392. The number of hydrogen-bond acceptors (Lipinski definition) is 4. The van der Waals surface area contributed by atoms with Crippen LogP contribution in [-0.4, -0.2) is 14.9 Å². The number of H-pyrrole nitrogens is 1. The lowest BCUT2D eigenvalue weighted by Gasteiger charge is -1.86. The third kappa shape index (κ3) is 1.68. The number of nitro groups is 1. The van der Waals surface area contributed by atoms with Gasteiger partial charge in [0.1, 0.15) is 5.82 Å². The first-order valence-corrected chi connectivity index (χ1v) is 5.75. The van der Waals surface area contributed by atoms with Crippen LogP contribution in [-0.2, 0) is 0 Å². The molecule has 2 aromatic heterocycles. The normalized spacial score (nSPS) is 10.8. The molecule has 0 aliphatic heterocycles. The highest BCUT2D eigenvalue weighted by Gasteiger charge is 2.13. The average Bonchev–Trinajstić information content (AvgIpc) is 2.95. The fourth-order valence-corrected chi connectivity index (χ4v) is 2.39. The molecule has 0 radical (unpaired) electrons. The van der Waals surface area contributed by atoms with Crippen molar-refractivity contribution >= 4 is 27.4 Å². The van der Waals surface area contributed by atoms with Gasteiger partial charge in [-0.15, -0.1) is 0 Å². The number of thiophene rings is 1. The summed E-state index contributed by atoms with van der Waals surface area (Å²) in [5.41, 5.74) is 1.79. The first kappa shape index (κ1) is 9.98. The van der Waals surface area contributed by atoms with Crippen molar-refractivity contribution in [2.45, 2.75) is 0 Å². The van der Waals surface area contributed by atoms with E-state index in [1.807, 2.05) is 24.3 Å². The molecule has 0 spiro atoms. The van der Waals surface area contributed by atoms with Gasteiger partial charge in [-0.1, -0.05) is 23.5 Å². The van der Waals surface area contributed by atoms with Gasteiger partial charge in [0.05, 0.1) is 20.8 Å². The second-order valence-electron chi connectivity index (χ2n) is 3.50. The quantitative estimate of drug-likeness (QED) is 0.556. The van der Waals surface area contributed by atoms with Crippen molar-refractivity contribution in [2.24, 2.45) is 0 Å². The number of fused-ring (bicyclic) bond motifs is 1. The van der Waals surface area contributed by atoms with E-state index >= 15 is 0 Å². The Morgan fingerprint density at radius 3 is 2.76 bits per heavy atom. The van der Waals surface area contributed by atoms with E-state index in [2.05, 4.69) is 9.97 Å². The van der Waals surface area contributed by atoms with Crippen LogP contribution >= 0.6 is 11.3 Å². The van der Waals surface area contributed by atoms with Gasteiger partial charge in [0.2, 0.25) is 0 Å². The van der Waals surface area contributed by atoms with Crippen molar-refractivity contribution < 1.29 is 4.92 Å².